The first kappa shape index (κ1) is 17.4. The minimum Gasteiger partial charge on any atom is -0.199 e. The van der Waals surface area contributed by atoms with E-state index in [2.05, 4.69) is 0 Å². The maximum absolute atomic E-state index is 13.5. The van der Waals surface area contributed by atoms with Crippen LogP contribution < -0.4 is 0 Å². The quantitative estimate of drug-likeness (QED) is 0.619. The highest BCUT2D eigenvalue weighted by Gasteiger charge is 2.82. The van der Waals surface area contributed by atoms with Crippen molar-refractivity contribution in [2.24, 2.45) is 11.8 Å². The van der Waals surface area contributed by atoms with Crippen LogP contribution in [0.1, 0.15) is 32.6 Å². The molecule has 0 aromatic carbocycles. The molecule has 0 aromatic heterocycles. The first-order valence-corrected chi connectivity index (χ1v) is 5.99. The van der Waals surface area contributed by atoms with E-state index in [1.54, 1.807) is 6.92 Å². The predicted molar refractivity (Wildman–Crippen MR) is 52.0 cm³/mol. The van der Waals surface area contributed by atoms with E-state index in [0.717, 1.165) is 0 Å². The summed E-state index contributed by atoms with van der Waals surface area (Å²) in [6, 6.07) is 0. The maximum atomic E-state index is 13.5. The van der Waals surface area contributed by atoms with Crippen molar-refractivity contribution in [3.05, 3.63) is 0 Å². The van der Waals surface area contributed by atoms with Crippen LogP contribution in [0.3, 0.4) is 0 Å². The Hall–Kier alpha value is -0.630. The van der Waals surface area contributed by atoms with E-state index in [9.17, 15) is 39.5 Å². The summed E-state index contributed by atoms with van der Waals surface area (Å²) in [5, 5.41) is 0. The van der Waals surface area contributed by atoms with Gasteiger partial charge in [0.25, 0.3) is 0 Å². The Morgan fingerprint density at radius 1 is 0.800 bits per heavy atom. The lowest BCUT2D eigenvalue weighted by atomic mass is 9.89. The molecule has 0 heterocycles. The van der Waals surface area contributed by atoms with Crippen LogP contribution in [0.2, 0.25) is 0 Å². The number of rotatable bonds is 4. The number of hydrogen-bond acceptors (Lipinski definition) is 0. The third kappa shape index (κ3) is 2.47. The standard InChI is InChI=1S/C11H13F9/c1-2-6-3-4-7(5-6)8(12,13)9(14,15)10(16,17)11(18,19)20/h6-7H,2-5H2,1H3. The summed E-state index contributed by atoms with van der Waals surface area (Å²) in [5.74, 6) is -21.2. The minimum absolute atomic E-state index is 0.116. The van der Waals surface area contributed by atoms with Gasteiger partial charge >= 0.3 is 23.9 Å². The summed E-state index contributed by atoms with van der Waals surface area (Å²) in [4.78, 5) is 0. The largest absolute Gasteiger partial charge is 0.460 e. The summed E-state index contributed by atoms with van der Waals surface area (Å²) < 4.78 is 114. The summed E-state index contributed by atoms with van der Waals surface area (Å²) in [5.41, 5.74) is 0. The average Bonchev–Trinajstić information content (AvgIpc) is 2.75. The Kier molecular flexibility index (Phi) is 4.34. The fourth-order valence-electron chi connectivity index (χ4n) is 2.42. The van der Waals surface area contributed by atoms with Crippen LogP contribution in [-0.4, -0.2) is 23.9 Å². The lowest BCUT2D eigenvalue weighted by molar-refractivity contribution is -0.403. The van der Waals surface area contributed by atoms with E-state index in [1.165, 1.54) is 0 Å². The molecule has 0 spiro atoms. The molecular formula is C11H13F9. The zero-order chi connectivity index (χ0) is 16.0. The van der Waals surface area contributed by atoms with Crippen molar-refractivity contribution < 1.29 is 39.5 Å². The summed E-state index contributed by atoms with van der Waals surface area (Å²) in [6.07, 6.45) is -7.21. The SMILES string of the molecule is CCC1CCC(C(F)(F)C(F)(F)C(F)(F)C(F)(F)F)C1. The van der Waals surface area contributed by atoms with Gasteiger partial charge in [0, 0.05) is 5.92 Å². The molecule has 120 valence electrons. The normalized spacial score (nSPS) is 26.1. The lowest BCUT2D eigenvalue weighted by Gasteiger charge is -2.36. The van der Waals surface area contributed by atoms with E-state index < -0.39 is 42.7 Å². The summed E-state index contributed by atoms with van der Waals surface area (Å²) in [6.45, 7) is 1.60. The Bertz CT molecular complexity index is 344. The van der Waals surface area contributed by atoms with Crippen LogP contribution in [0.5, 0.6) is 0 Å². The van der Waals surface area contributed by atoms with Gasteiger partial charge in [-0.25, -0.2) is 0 Å². The zero-order valence-electron chi connectivity index (χ0n) is 10.4. The fourth-order valence-corrected chi connectivity index (χ4v) is 2.42. The van der Waals surface area contributed by atoms with Gasteiger partial charge < -0.3 is 0 Å². The molecule has 0 nitrogen and oxygen atoms in total. The van der Waals surface area contributed by atoms with Crippen LogP contribution in [0, 0.1) is 11.8 Å². The topological polar surface area (TPSA) is 0 Å². The molecule has 0 aromatic rings. The van der Waals surface area contributed by atoms with Gasteiger partial charge in [-0.15, -0.1) is 0 Å². The maximum Gasteiger partial charge on any atom is 0.460 e. The second kappa shape index (κ2) is 4.98. The molecule has 9 heteroatoms. The van der Waals surface area contributed by atoms with Gasteiger partial charge in [-0.3, -0.25) is 0 Å². The monoisotopic (exact) mass is 316 g/mol. The number of halogens is 9. The van der Waals surface area contributed by atoms with Crippen LogP contribution >= 0.6 is 0 Å². The van der Waals surface area contributed by atoms with Crippen molar-refractivity contribution in [2.45, 2.75) is 56.6 Å². The number of alkyl halides is 9. The Morgan fingerprint density at radius 2 is 1.30 bits per heavy atom. The van der Waals surface area contributed by atoms with Gasteiger partial charge in [0.15, 0.2) is 0 Å². The zero-order valence-corrected chi connectivity index (χ0v) is 10.4. The van der Waals surface area contributed by atoms with E-state index in [4.69, 9.17) is 0 Å². The van der Waals surface area contributed by atoms with Crippen LogP contribution in [0.25, 0.3) is 0 Å². The molecule has 2 atom stereocenters. The molecule has 1 aliphatic carbocycles. The fraction of sp³-hybridized carbons (Fsp3) is 1.00. The first-order valence-electron chi connectivity index (χ1n) is 5.99. The number of hydrogen-bond donors (Lipinski definition) is 0. The van der Waals surface area contributed by atoms with Gasteiger partial charge in [-0.2, -0.15) is 39.5 Å². The van der Waals surface area contributed by atoms with Gasteiger partial charge in [0.2, 0.25) is 0 Å². The average molecular weight is 316 g/mol. The molecule has 1 aliphatic rings. The summed E-state index contributed by atoms with van der Waals surface area (Å²) in [7, 11) is 0. The summed E-state index contributed by atoms with van der Waals surface area (Å²) >= 11 is 0. The third-order valence-corrected chi connectivity index (χ3v) is 3.80. The van der Waals surface area contributed by atoms with Crippen molar-refractivity contribution >= 4 is 0 Å². The smallest absolute Gasteiger partial charge is 0.199 e. The van der Waals surface area contributed by atoms with Gasteiger partial charge in [0.1, 0.15) is 0 Å². The molecule has 0 amide bonds. The molecule has 1 fully saturated rings. The molecule has 0 bridgehead atoms. The molecule has 0 aliphatic heterocycles. The molecule has 0 N–H and O–H groups in total. The van der Waals surface area contributed by atoms with E-state index in [-0.39, 0.29) is 12.3 Å². The Morgan fingerprint density at radius 3 is 1.65 bits per heavy atom. The van der Waals surface area contributed by atoms with Crippen molar-refractivity contribution in [3.63, 3.8) is 0 Å². The van der Waals surface area contributed by atoms with Crippen LogP contribution in [-0.2, 0) is 0 Å². The molecule has 20 heavy (non-hydrogen) atoms. The van der Waals surface area contributed by atoms with Crippen LogP contribution in [0.4, 0.5) is 39.5 Å². The van der Waals surface area contributed by atoms with E-state index in [0.29, 0.717) is 6.42 Å². The highest BCUT2D eigenvalue weighted by Crippen LogP contribution is 2.58. The van der Waals surface area contributed by atoms with E-state index >= 15 is 0 Å². The molecule has 1 saturated carbocycles. The lowest BCUT2D eigenvalue weighted by Crippen LogP contribution is -2.62. The second-order valence-corrected chi connectivity index (χ2v) is 5.05. The van der Waals surface area contributed by atoms with E-state index in [1.807, 2.05) is 0 Å². The molecule has 0 saturated heterocycles. The van der Waals surface area contributed by atoms with Crippen LogP contribution in [0.15, 0.2) is 0 Å². The Labute approximate surface area is 109 Å². The van der Waals surface area contributed by atoms with Gasteiger partial charge in [0.05, 0.1) is 0 Å². The van der Waals surface area contributed by atoms with Crippen molar-refractivity contribution in [2.75, 3.05) is 0 Å². The molecular weight excluding hydrogens is 303 g/mol. The van der Waals surface area contributed by atoms with Gasteiger partial charge in [-0.1, -0.05) is 13.3 Å². The first-order chi connectivity index (χ1) is 8.79. The second-order valence-electron chi connectivity index (χ2n) is 5.05. The predicted octanol–water partition coefficient (Wildman–Crippen LogP) is 5.28. The Balaban J connectivity index is 3.07. The third-order valence-electron chi connectivity index (χ3n) is 3.80. The van der Waals surface area contributed by atoms with Gasteiger partial charge in [-0.05, 0) is 25.2 Å². The minimum atomic E-state index is -6.77. The highest BCUT2D eigenvalue weighted by atomic mass is 19.4. The van der Waals surface area contributed by atoms with Crippen molar-refractivity contribution in [3.8, 4) is 0 Å². The molecule has 1 rings (SSSR count). The molecule has 0 radical (unpaired) electrons. The molecule has 2 unspecified atom stereocenters. The van der Waals surface area contributed by atoms with Crippen molar-refractivity contribution in [1.29, 1.82) is 0 Å². The highest BCUT2D eigenvalue weighted by molar-refractivity contribution is 5.04. The van der Waals surface area contributed by atoms with Crippen molar-refractivity contribution in [1.82, 2.24) is 0 Å².